The van der Waals surface area contributed by atoms with E-state index < -0.39 is 16.0 Å². The number of sulfonamides is 1. The molecule has 0 aliphatic carbocycles. The molecular weight excluding hydrogens is 334 g/mol. The van der Waals surface area contributed by atoms with Crippen molar-refractivity contribution in [1.82, 2.24) is 4.72 Å². The molecule has 1 aromatic rings. The van der Waals surface area contributed by atoms with Gasteiger partial charge in [-0.25, -0.2) is 17.9 Å². The number of carboxylic acids is 1. The van der Waals surface area contributed by atoms with Crippen LogP contribution in [0.3, 0.4) is 0 Å². The van der Waals surface area contributed by atoms with Crippen molar-refractivity contribution in [3.05, 3.63) is 28.3 Å². The average Bonchev–Trinajstić information content (AvgIpc) is 2.40. The lowest BCUT2D eigenvalue weighted by molar-refractivity contribution is 0.0696. The van der Waals surface area contributed by atoms with Crippen molar-refractivity contribution >= 4 is 39.4 Å². The number of carbonyl (C=O) groups is 1. The number of hydrogen-bond donors (Lipinski definition) is 2. The molecule has 0 amide bonds. The van der Waals surface area contributed by atoms with E-state index in [1.807, 2.05) is 13.2 Å². The first-order valence-electron chi connectivity index (χ1n) is 6.25. The molecule has 1 unspecified atom stereocenters. The lowest BCUT2D eigenvalue weighted by Gasteiger charge is -2.13. The predicted molar refractivity (Wildman–Crippen MR) is 85.9 cm³/mol. The number of hydrogen-bond acceptors (Lipinski definition) is 4. The van der Waals surface area contributed by atoms with E-state index in [0.717, 1.165) is 0 Å². The zero-order chi connectivity index (χ0) is 16.2. The summed E-state index contributed by atoms with van der Waals surface area (Å²) >= 11 is 7.47. The highest BCUT2D eigenvalue weighted by Crippen LogP contribution is 2.24. The Bertz CT molecular complexity index is 631. The molecule has 1 rings (SSSR count). The van der Waals surface area contributed by atoms with Crippen LogP contribution in [0.15, 0.2) is 17.0 Å². The summed E-state index contributed by atoms with van der Waals surface area (Å²) in [4.78, 5) is 11.0. The van der Waals surface area contributed by atoms with E-state index in [0.29, 0.717) is 18.2 Å². The minimum absolute atomic E-state index is 0.0795. The molecule has 0 fully saturated rings. The van der Waals surface area contributed by atoms with Crippen LogP contribution in [-0.4, -0.2) is 37.5 Å². The molecule has 0 saturated heterocycles. The molecule has 2 N–H and O–H groups in total. The number of aromatic carboxylic acids is 1. The summed E-state index contributed by atoms with van der Waals surface area (Å²) < 4.78 is 27.0. The Labute approximate surface area is 134 Å². The predicted octanol–water partition coefficient (Wildman–Crippen LogP) is 2.77. The van der Waals surface area contributed by atoms with Crippen LogP contribution >= 0.6 is 23.4 Å². The lowest BCUT2D eigenvalue weighted by atomic mass is 10.1. The van der Waals surface area contributed by atoms with Gasteiger partial charge in [-0.05, 0) is 37.3 Å². The molecule has 0 bridgehead atoms. The molecule has 0 radical (unpaired) electrons. The van der Waals surface area contributed by atoms with E-state index in [4.69, 9.17) is 16.7 Å². The summed E-state index contributed by atoms with van der Waals surface area (Å²) in [6.07, 6.45) is 2.64. The van der Waals surface area contributed by atoms with Crippen molar-refractivity contribution in [3.63, 3.8) is 0 Å². The SMILES string of the molecule is CSC(C)CCNS(=O)(=O)c1cc(Cl)cc(C(=O)O)c1C. The Hall–Kier alpha value is -0.760. The van der Waals surface area contributed by atoms with Crippen molar-refractivity contribution in [2.45, 2.75) is 30.4 Å². The van der Waals surface area contributed by atoms with E-state index in [2.05, 4.69) is 4.72 Å². The van der Waals surface area contributed by atoms with Crippen molar-refractivity contribution in [3.8, 4) is 0 Å². The molecule has 0 aromatic heterocycles. The summed E-state index contributed by atoms with van der Waals surface area (Å²) in [6.45, 7) is 3.75. The molecule has 0 aliphatic rings. The molecular formula is C13H18ClNO4S2. The summed E-state index contributed by atoms with van der Waals surface area (Å²) in [5.74, 6) is -1.21. The summed E-state index contributed by atoms with van der Waals surface area (Å²) in [6, 6.07) is 2.51. The Balaban J connectivity index is 3.06. The second-order valence-corrected chi connectivity index (χ2v) is 8.06. The van der Waals surface area contributed by atoms with Crippen LogP contribution in [-0.2, 0) is 10.0 Å². The van der Waals surface area contributed by atoms with Crippen LogP contribution in [0.5, 0.6) is 0 Å². The third kappa shape index (κ3) is 4.88. The monoisotopic (exact) mass is 351 g/mol. The normalized spacial score (nSPS) is 13.1. The van der Waals surface area contributed by atoms with E-state index in [-0.39, 0.29) is 21.0 Å². The number of halogens is 1. The van der Waals surface area contributed by atoms with Crippen molar-refractivity contribution in [2.75, 3.05) is 12.8 Å². The van der Waals surface area contributed by atoms with Crippen molar-refractivity contribution in [1.29, 1.82) is 0 Å². The van der Waals surface area contributed by atoms with Gasteiger partial charge < -0.3 is 5.11 Å². The highest BCUT2D eigenvalue weighted by molar-refractivity contribution is 7.99. The molecule has 8 heteroatoms. The van der Waals surface area contributed by atoms with Gasteiger partial charge in [0.1, 0.15) is 0 Å². The van der Waals surface area contributed by atoms with Gasteiger partial charge in [0.15, 0.2) is 0 Å². The molecule has 1 atom stereocenters. The molecule has 1 aromatic carbocycles. The molecule has 0 saturated carbocycles. The third-order valence-corrected chi connectivity index (χ3v) is 5.94. The number of nitrogens with one attached hydrogen (secondary N) is 1. The molecule has 0 heterocycles. The van der Waals surface area contributed by atoms with Crippen LogP contribution < -0.4 is 4.72 Å². The van der Waals surface area contributed by atoms with Gasteiger partial charge >= 0.3 is 5.97 Å². The quantitative estimate of drug-likeness (QED) is 0.789. The summed E-state index contributed by atoms with van der Waals surface area (Å²) in [7, 11) is -3.78. The van der Waals surface area contributed by atoms with E-state index in [1.54, 1.807) is 11.8 Å². The fourth-order valence-electron chi connectivity index (χ4n) is 1.75. The van der Waals surface area contributed by atoms with Crippen LogP contribution in [0.1, 0.15) is 29.3 Å². The maximum Gasteiger partial charge on any atom is 0.336 e. The van der Waals surface area contributed by atoms with Crippen LogP contribution in [0.2, 0.25) is 5.02 Å². The molecule has 5 nitrogen and oxygen atoms in total. The smallest absolute Gasteiger partial charge is 0.336 e. The van der Waals surface area contributed by atoms with Gasteiger partial charge in [-0.15, -0.1) is 0 Å². The van der Waals surface area contributed by atoms with Gasteiger partial charge in [-0.1, -0.05) is 18.5 Å². The van der Waals surface area contributed by atoms with E-state index in [1.165, 1.54) is 19.1 Å². The Kier molecular flexibility index (Phi) is 6.52. The fourth-order valence-corrected chi connectivity index (χ4v) is 3.72. The molecule has 0 aliphatic heterocycles. The Morgan fingerprint density at radius 1 is 1.48 bits per heavy atom. The zero-order valence-electron chi connectivity index (χ0n) is 12.0. The van der Waals surface area contributed by atoms with Crippen LogP contribution in [0.25, 0.3) is 0 Å². The Morgan fingerprint density at radius 2 is 2.10 bits per heavy atom. The minimum Gasteiger partial charge on any atom is -0.478 e. The number of carboxylic acid groups (broad SMARTS) is 1. The first-order chi connectivity index (χ1) is 9.69. The second kappa shape index (κ2) is 7.49. The van der Waals surface area contributed by atoms with Crippen LogP contribution in [0.4, 0.5) is 0 Å². The summed E-state index contributed by atoms with van der Waals surface area (Å²) in [5, 5.41) is 9.50. The third-order valence-electron chi connectivity index (χ3n) is 3.09. The highest BCUT2D eigenvalue weighted by atomic mass is 35.5. The van der Waals surface area contributed by atoms with E-state index >= 15 is 0 Å². The fraction of sp³-hybridized carbons (Fsp3) is 0.462. The van der Waals surface area contributed by atoms with Gasteiger partial charge in [0.05, 0.1) is 10.5 Å². The Morgan fingerprint density at radius 3 is 2.62 bits per heavy atom. The maximum absolute atomic E-state index is 12.3. The number of rotatable bonds is 7. The number of benzene rings is 1. The highest BCUT2D eigenvalue weighted by Gasteiger charge is 2.22. The minimum atomic E-state index is -3.78. The first kappa shape index (κ1) is 18.3. The van der Waals surface area contributed by atoms with Gasteiger partial charge in [0.25, 0.3) is 0 Å². The number of thioether (sulfide) groups is 1. The van der Waals surface area contributed by atoms with E-state index in [9.17, 15) is 13.2 Å². The maximum atomic E-state index is 12.3. The largest absolute Gasteiger partial charge is 0.478 e. The van der Waals surface area contributed by atoms with Gasteiger partial charge in [0.2, 0.25) is 10.0 Å². The first-order valence-corrected chi connectivity index (χ1v) is 9.40. The standard InChI is InChI=1S/C13H18ClNO4S2/c1-8(20-3)4-5-15-21(18,19)12-7-10(14)6-11(9(12)2)13(16)17/h6-8,15H,4-5H2,1-3H3,(H,16,17). The molecule has 21 heavy (non-hydrogen) atoms. The van der Waals surface area contributed by atoms with Gasteiger partial charge in [0, 0.05) is 16.8 Å². The topological polar surface area (TPSA) is 83.5 Å². The van der Waals surface area contributed by atoms with Crippen molar-refractivity contribution < 1.29 is 18.3 Å². The summed E-state index contributed by atoms with van der Waals surface area (Å²) in [5.41, 5.74) is 0.0673. The second-order valence-electron chi connectivity index (χ2n) is 4.61. The zero-order valence-corrected chi connectivity index (χ0v) is 14.4. The molecule has 0 spiro atoms. The lowest BCUT2D eigenvalue weighted by Crippen LogP contribution is -2.27. The van der Waals surface area contributed by atoms with Gasteiger partial charge in [-0.3, -0.25) is 0 Å². The van der Waals surface area contributed by atoms with Gasteiger partial charge in [-0.2, -0.15) is 11.8 Å². The molecule has 118 valence electrons. The van der Waals surface area contributed by atoms with Crippen LogP contribution in [0, 0.1) is 6.92 Å². The average molecular weight is 352 g/mol. The van der Waals surface area contributed by atoms with Crippen molar-refractivity contribution in [2.24, 2.45) is 0 Å².